The molecule has 1 aliphatic heterocycles. The highest BCUT2D eigenvalue weighted by atomic mass is 32.3. The molecule has 0 bridgehead atoms. The Bertz CT molecular complexity index is 311. The molecule has 0 aliphatic carbocycles. The second-order valence-electron chi connectivity index (χ2n) is 5.45. The Labute approximate surface area is 118 Å². The molecule has 1 aliphatic rings. The van der Waals surface area contributed by atoms with Gasteiger partial charge in [-0.05, 0) is 12.8 Å². The van der Waals surface area contributed by atoms with Gasteiger partial charge in [0, 0.05) is 12.8 Å². The van der Waals surface area contributed by atoms with Gasteiger partial charge in [-0.25, -0.2) is 4.18 Å². The summed E-state index contributed by atoms with van der Waals surface area (Å²) >= 11 is 0. The molecule has 1 rings (SSSR count). The van der Waals surface area contributed by atoms with Crippen LogP contribution in [-0.2, 0) is 14.6 Å². The summed E-state index contributed by atoms with van der Waals surface area (Å²) < 4.78 is 33.0. The highest BCUT2D eigenvalue weighted by molar-refractivity contribution is 7.80. The topological polar surface area (TPSA) is 63.6 Å². The number of nitrogens with zero attached hydrogens (tertiary/aromatic N) is 1. The number of hydrogen-bond acceptors (Lipinski definition) is 3. The van der Waals surface area contributed by atoms with E-state index >= 15 is 0 Å². The fourth-order valence-electron chi connectivity index (χ4n) is 2.17. The van der Waals surface area contributed by atoms with E-state index in [0.717, 1.165) is 6.42 Å². The quantitative estimate of drug-likeness (QED) is 0.445. The first kappa shape index (κ1) is 18.8. The van der Waals surface area contributed by atoms with E-state index in [1.54, 1.807) is 0 Å². The predicted molar refractivity (Wildman–Crippen MR) is 77.3 cm³/mol. The van der Waals surface area contributed by atoms with Gasteiger partial charge in [0.2, 0.25) is 0 Å². The Morgan fingerprint density at radius 1 is 1.11 bits per heavy atom. The van der Waals surface area contributed by atoms with Gasteiger partial charge in [0.05, 0.1) is 33.3 Å². The molecule has 0 aromatic rings. The first-order valence-electron chi connectivity index (χ1n) is 7.28. The number of unbranched alkanes of at least 4 members (excludes halogenated alkanes) is 2. The largest absolute Gasteiger partial charge is 0.397 e. The van der Waals surface area contributed by atoms with Crippen LogP contribution >= 0.6 is 0 Å². The van der Waals surface area contributed by atoms with Gasteiger partial charge in [0.25, 0.3) is 0 Å². The summed E-state index contributed by atoms with van der Waals surface area (Å²) in [5.74, 6) is 0. The van der Waals surface area contributed by atoms with Crippen molar-refractivity contribution in [2.45, 2.75) is 52.4 Å². The summed E-state index contributed by atoms with van der Waals surface area (Å²) in [6.07, 6.45) is 7.17. The maximum Gasteiger partial charge on any atom is 0.397 e. The van der Waals surface area contributed by atoms with Gasteiger partial charge in [0.15, 0.2) is 0 Å². The van der Waals surface area contributed by atoms with Crippen molar-refractivity contribution in [3.63, 3.8) is 0 Å². The van der Waals surface area contributed by atoms with Crippen LogP contribution in [0.4, 0.5) is 0 Å². The molecule has 1 N–H and O–H groups in total. The van der Waals surface area contributed by atoms with E-state index in [9.17, 15) is 8.42 Å². The molecular weight excluding hydrogens is 266 g/mol. The van der Waals surface area contributed by atoms with Gasteiger partial charge in [-0.1, -0.05) is 26.7 Å². The summed E-state index contributed by atoms with van der Waals surface area (Å²) in [6, 6.07) is 0. The maximum atomic E-state index is 9.84. The molecule has 0 unspecified atom stereocenters. The predicted octanol–water partition coefficient (Wildman–Crippen LogP) is 2.63. The average molecular weight is 296 g/mol. The van der Waals surface area contributed by atoms with Crippen LogP contribution < -0.4 is 0 Å². The number of quaternary nitrogens is 1. The van der Waals surface area contributed by atoms with E-state index < -0.39 is 10.4 Å². The average Bonchev–Trinajstić information content (AvgIpc) is 2.74. The summed E-state index contributed by atoms with van der Waals surface area (Å²) in [7, 11) is -1.79. The van der Waals surface area contributed by atoms with E-state index in [2.05, 4.69) is 18.2 Å². The van der Waals surface area contributed by atoms with Gasteiger partial charge in [-0.15, -0.1) is 0 Å². The maximum absolute atomic E-state index is 9.84. The van der Waals surface area contributed by atoms with Gasteiger partial charge >= 0.3 is 10.4 Å². The van der Waals surface area contributed by atoms with Crippen LogP contribution in [-0.4, -0.2) is 50.7 Å². The van der Waals surface area contributed by atoms with Crippen LogP contribution in [0.2, 0.25) is 0 Å². The minimum absolute atomic E-state index is 0.0648. The first-order chi connectivity index (χ1) is 8.83. The van der Waals surface area contributed by atoms with Gasteiger partial charge in [-0.2, -0.15) is 8.42 Å². The zero-order valence-electron chi connectivity index (χ0n) is 12.6. The number of hydrogen-bond donors (Lipinski definition) is 1. The Balaban J connectivity index is 0.000000344. The minimum Gasteiger partial charge on any atom is -0.326 e. The van der Waals surface area contributed by atoms with Crippen LogP contribution in [0.25, 0.3) is 0 Å². The lowest BCUT2D eigenvalue weighted by molar-refractivity contribution is -0.897. The normalized spacial score (nSPS) is 17.9. The zero-order valence-corrected chi connectivity index (χ0v) is 13.4. The molecule has 0 atom stereocenters. The van der Waals surface area contributed by atoms with Crippen molar-refractivity contribution < 1.29 is 21.6 Å². The molecule has 0 radical (unpaired) electrons. The minimum atomic E-state index is -4.20. The molecule has 1 saturated heterocycles. The molecule has 1 heterocycles. The van der Waals surface area contributed by atoms with Crippen molar-refractivity contribution in [1.82, 2.24) is 0 Å². The summed E-state index contributed by atoms with van der Waals surface area (Å²) in [6.45, 7) is 8.52. The lowest BCUT2D eigenvalue weighted by Crippen LogP contribution is -2.41. The van der Waals surface area contributed by atoms with Crippen molar-refractivity contribution in [2.24, 2.45) is 0 Å². The highest BCUT2D eigenvalue weighted by Gasteiger charge is 2.25. The summed E-state index contributed by atoms with van der Waals surface area (Å²) in [5, 5.41) is 0. The fourth-order valence-corrected chi connectivity index (χ4v) is 2.50. The molecule has 116 valence electrons. The molecule has 5 nitrogen and oxygen atoms in total. The second kappa shape index (κ2) is 9.69. The summed E-state index contributed by atoms with van der Waals surface area (Å²) in [4.78, 5) is 0. The van der Waals surface area contributed by atoms with Crippen LogP contribution in [0.15, 0.2) is 0 Å². The molecule has 0 amide bonds. The summed E-state index contributed by atoms with van der Waals surface area (Å²) in [5.41, 5.74) is 0. The Morgan fingerprint density at radius 3 is 2.05 bits per heavy atom. The third-order valence-electron chi connectivity index (χ3n) is 3.43. The van der Waals surface area contributed by atoms with Gasteiger partial charge < -0.3 is 4.48 Å². The third-order valence-corrected chi connectivity index (χ3v) is 3.89. The van der Waals surface area contributed by atoms with Crippen LogP contribution in [0.3, 0.4) is 0 Å². The smallest absolute Gasteiger partial charge is 0.326 e. The molecule has 0 aromatic carbocycles. The second-order valence-corrected chi connectivity index (χ2v) is 6.55. The molecular formula is C13H30NO4S+. The Kier molecular flexibility index (Phi) is 9.60. The Hall–Kier alpha value is -0.170. The monoisotopic (exact) mass is 296 g/mol. The van der Waals surface area contributed by atoms with Crippen molar-refractivity contribution in [3.8, 4) is 0 Å². The van der Waals surface area contributed by atoms with E-state index in [0.29, 0.717) is 6.42 Å². The highest BCUT2D eigenvalue weighted by Crippen LogP contribution is 2.16. The zero-order chi connectivity index (χ0) is 14.8. The van der Waals surface area contributed by atoms with Crippen molar-refractivity contribution in [2.75, 3.05) is 33.3 Å². The molecule has 1 fully saturated rings. The van der Waals surface area contributed by atoms with Crippen LogP contribution in [0, 0.1) is 0 Å². The lowest BCUT2D eigenvalue weighted by Gasteiger charge is -2.28. The standard InChI is InChI=1S/C9H20N.C4H10O4S/c1-3-4-7-10(2)8-5-6-9-10;1-2-3-4-8-9(5,6)7/h3-9H2,1-2H3;2-4H2,1H3,(H,5,6,7)/q+1;. The van der Waals surface area contributed by atoms with Crippen molar-refractivity contribution >= 4 is 10.4 Å². The molecule has 0 spiro atoms. The van der Waals surface area contributed by atoms with Gasteiger partial charge in [0.1, 0.15) is 0 Å². The van der Waals surface area contributed by atoms with Crippen molar-refractivity contribution in [3.05, 3.63) is 0 Å². The number of rotatable bonds is 7. The van der Waals surface area contributed by atoms with E-state index in [-0.39, 0.29) is 6.61 Å². The van der Waals surface area contributed by atoms with Gasteiger partial charge in [-0.3, -0.25) is 4.55 Å². The van der Waals surface area contributed by atoms with Crippen LogP contribution in [0.1, 0.15) is 52.4 Å². The molecule has 0 saturated carbocycles. The SMILES string of the molecule is CCCCOS(=O)(=O)O.CCCC[N+]1(C)CCCC1. The molecule has 6 heteroatoms. The fraction of sp³-hybridized carbons (Fsp3) is 1.00. The lowest BCUT2D eigenvalue weighted by atomic mass is 10.3. The van der Waals surface area contributed by atoms with E-state index in [1.165, 1.54) is 49.8 Å². The van der Waals surface area contributed by atoms with Crippen molar-refractivity contribution in [1.29, 1.82) is 0 Å². The van der Waals surface area contributed by atoms with E-state index in [4.69, 9.17) is 4.55 Å². The van der Waals surface area contributed by atoms with E-state index in [1.807, 2.05) is 6.92 Å². The number of likely N-dealkylation sites (tertiary alicyclic amines) is 1. The third kappa shape index (κ3) is 11.4. The molecule has 19 heavy (non-hydrogen) atoms. The first-order valence-corrected chi connectivity index (χ1v) is 8.65. The Morgan fingerprint density at radius 2 is 1.63 bits per heavy atom. The molecule has 0 aromatic heterocycles. The van der Waals surface area contributed by atoms with Crippen LogP contribution in [0.5, 0.6) is 0 Å².